The molecule has 0 saturated heterocycles. The summed E-state index contributed by atoms with van der Waals surface area (Å²) in [7, 11) is 6.02. The Morgan fingerprint density at radius 2 is 1.00 bits per heavy atom. The van der Waals surface area contributed by atoms with Gasteiger partial charge in [-0.05, 0) is 78.4 Å². The fourth-order valence-electron chi connectivity index (χ4n) is 5.35. The van der Waals surface area contributed by atoms with Crippen molar-refractivity contribution in [3.05, 3.63) is 11.6 Å². The van der Waals surface area contributed by atoms with Gasteiger partial charge in [-0.3, -0.25) is 0 Å². The van der Waals surface area contributed by atoms with Crippen molar-refractivity contribution in [2.24, 2.45) is 0 Å². The van der Waals surface area contributed by atoms with Crippen molar-refractivity contribution in [3.63, 3.8) is 0 Å². The van der Waals surface area contributed by atoms with Crippen molar-refractivity contribution in [1.82, 2.24) is 9.80 Å². The minimum atomic E-state index is -0.167. The van der Waals surface area contributed by atoms with Crippen molar-refractivity contribution in [2.45, 2.75) is 174 Å². The molecule has 0 aromatic heterocycles. The number of hydrogen-bond acceptors (Lipinski definition) is 3. The molecular formula is C36H72N2O2. The van der Waals surface area contributed by atoms with Gasteiger partial charge in [0.25, 0.3) is 0 Å². The monoisotopic (exact) mass is 565 g/mol. The van der Waals surface area contributed by atoms with Gasteiger partial charge < -0.3 is 14.5 Å². The van der Waals surface area contributed by atoms with Crippen LogP contribution in [0.4, 0.5) is 4.79 Å². The summed E-state index contributed by atoms with van der Waals surface area (Å²) in [6, 6.07) is 0. The fraction of sp³-hybridized carbons (Fsp3) is 0.917. The minimum absolute atomic E-state index is 0.167. The second kappa shape index (κ2) is 30.9. The zero-order valence-corrected chi connectivity index (χ0v) is 28.1. The second-order valence-electron chi connectivity index (χ2n) is 12.6. The van der Waals surface area contributed by atoms with Gasteiger partial charge >= 0.3 is 6.09 Å². The third-order valence-electron chi connectivity index (χ3n) is 8.12. The molecular weight excluding hydrogens is 492 g/mol. The third-order valence-corrected chi connectivity index (χ3v) is 8.12. The van der Waals surface area contributed by atoms with E-state index in [2.05, 4.69) is 38.9 Å². The Labute approximate surface area is 252 Å². The number of carbonyl (C=O) groups is 1. The normalized spacial score (nSPS) is 11.2. The quantitative estimate of drug-likeness (QED) is 0.0642. The predicted octanol–water partition coefficient (Wildman–Crippen LogP) is 11.3. The summed E-state index contributed by atoms with van der Waals surface area (Å²) in [4.78, 5) is 16.1. The SMILES string of the molecule is CCCCCCCCCCC(=CCCCCCCN(C)C(=O)OCCCCN(C)C)CCCCCCCCCC. The van der Waals surface area contributed by atoms with Gasteiger partial charge in [0.05, 0.1) is 6.61 Å². The smallest absolute Gasteiger partial charge is 0.409 e. The first-order valence-corrected chi connectivity index (χ1v) is 17.7. The van der Waals surface area contributed by atoms with E-state index in [0.29, 0.717) is 6.61 Å². The van der Waals surface area contributed by atoms with E-state index < -0.39 is 0 Å². The maximum Gasteiger partial charge on any atom is 0.409 e. The molecule has 0 unspecified atom stereocenters. The van der Waals surface area contributed by atoms with Crippen LogP contribution < -0.4 is 0 Å². The van der Waals surface area contributed by atoms with Gasteiger partial charge in [-0.25, -0.2) is 4.79 Å². The Kier molecular flexibility index (Phi) is 30.1. The molecule has 0 heterocycles. The summed E-state index contributed by atoms with van der Waals surface area (Å²) in [5.74, 6) is 0. The highest BCUT2D eigenvalue weighted by Crippen LogP contribution is 2.20. The van der Waals surface area contributed by atoms with Crippen LogP contribution in [0.1, 0.15) is 174 Å². The molecule has 0 atom stereocenters. The van der Waals surface area contributed by atoms with Gasteiger partial charge in [0, 0.05) is 13.6 Å². The Morgan fingerprint density at radius 1 is 0.550 bits per heavy atom. The Balaban J connectivity index is 4.10. The highest BCUT2D eigenvalue weighted by molar-refractivity contribution is 5.67. The maximum absolute atomic E-state index is 12.1. The van der Waals surface area contributed by atoms with E-state index in [0.717, 1.165) is 32.4 Å². The van der Waals surface area contributed by atoms with Crippen molar-refractivity contribution in [3.8, 4) is 0 Å². The lowest BCUT2D eigenvalue weighted by Crippen LogP contribution is -2.28. The third kappa shape index (κ3) is 28.5. The van der Waals surface area contributed by atoms with Crippen LogP contribution in [0.2, 0.25) is 0 Å². The predicted molar refractivity (Wildman–Crippen MR) is 177 cm³/mol. The van der Waals surface area contributed by atoms with Gasteiger partial charge in [-0.1, -0.05) is 128 Å². The van der Waals surface area contributed by atoms with E-state index in [-0.39, 0.29) is 6.09 Å². The number of amides is 1. The molecule has 0 bridgehead atoms. The summed E-state index contributed by atoms with van der Waals surface area (Å²) in [6.07, 6.45) is 35.6. The zero-order valence-electron chi connectivity index (χ0n) is 28.1. The standard InChI is InChI=1S/C36H72N2O2/c1-6-8-10-12-14-16-19-23-29-35(30-24-20-17-15-13-11-9-7-2)31-25-21-18-22-26-33-38(5)36(39)40-34-28-27-32-37(3)4/h31H,6-30,32-34H2,1-5H3. The number of rotatable bonds is 30. The number of allylic oxidation sites excluding steroid dienone is 2. The number of unbranched alkanes of at least 4 members (excludes halogenated alkanes) is 19. The van der Waals surface area contributed by atoms with E-state index in [9.17, 15) is 4.79 Å². The molecule has 0 N–H and O–H groups in total. The number of carbonyl (C=O) groups excluding carboxylic acids is 1. The summed E-state index contributed by atoms with van der Waals surface area (Å²) in [5.41, 5.74) is 1.74. The van der Waals surface area contributed by atoms with Crippen LogP contribution in [0, 0.1) is 0 Å². The number of nitrogens with zero attached hydrogens (tertiary/aromatic N) is 2. The molecule has 0 saturated carbocycles. The van der Waals surface area contributed by atoms with Gasteiger partial charge in [-0.15, -0.1) is 0 Å². The van der Waals surface area contributed by atoms with E-state index in [1.165, 1.54) is 141 Å². The van der Waals surface area contributed by atoms with Crippen molar-refractivity contribution < 1.29 is 9.53 Å². The lowest BCUT2D eigenvalue weighted by Gasteiger charge is -2.17. The molecule has 0 aliphatic rings. The van der Waals surface area contributed by atoms with Crippen LogP contribution in [0.15, 0.2) is 11.6 Å². The highest BCUT2D eigenvalue weighted by Gasteiger charge is 2.09. The topological polar surface area (TPSA) is 32.8 Å². The average molecular weight is 565 g/mol. The van der Waals surface area contributed by atoms with Crippen LogP contribution in [-0.2, 0) is 4.74 Å². The molecule has 0 radical (unpaired) electrons. The maximum atomic E-state index is 12.1. The lowest BCUT2D eigenvalue weighted by atomic mass is 9.97. The fourth-order valence-corrected chi connectivity index (χ4v) is 5.35. The largest absolute Gasteiger partial charge is 0.449 e. The van der Waals surface area contributed by atoms with Crippen LogP contribution in [0.25, 0.3) is 0 Å². The van der Waals surface area contributed by atoms with E-state index >= 15 is 0 Å². The molecule has 1 amide bonds. The van der Waals surface area contributed by atoms with Gasteiger partial charge in [0.15, 0.2) is 0 Å². The summed E-state index contributed by atoms with van der Waals surface area (Å²) in [5, 5.41) is 0. The van der Waals surface area contributed by atoms with Crippen LogP contribution in [0.3, 0.4) is 0 Å². The van der Waals surface area contributed by atoms with Gasteiger partial charge in [0.2, 0.25) is 0 Å². The second-order valence-corrected chi connectivity index (χ2v) is 12.6. The first-order valence-electron chi connectivity index (χ1n) is 17.7. The average Bonchev–Trinajstić information content (AvgIpc) is 2.94. The van der Waals surface area contributed by atoms with E-state index in [1.54, 1.807) is 10.5 Å². The van der Waals surface area contributed by atoms with Crippen molar-refractivity contribution in [2.75, 3.05) is 40.8 Å². The van der Waals surface area contributed by atoms with Crippen LogP contribution in [0.5, 0.6) is 0 Å². The number of hydrogen-bond donors (Lipinski definition) is 0. The summed E-state index contributed by atoms with van der Waals surface area (Å²) in [6.45, 7) is 6.97. The van der Waals surface area contributed by atoms with Crippen molar-refractivity contribution >= 4 is 6.09 Å². The van der Waals surface area contributed by atoms with Crippen LogP contribution >= 0.6 is 0 Å². The summed E-state index contributed by atoms with van der Waals surface area (Å²) >= 11 is 0. The zero-order chi connectivity index (χ0) is 29.5. The Bertz CT molecular complexity index is 539. The van der Waals surface area contributed by atoms with E-state index in [1.807, 2.05) is 7.05 Å². The number of ether oxygens (including phenoxy) is 1. The molecule has 0 aromatic rings. The lowest BCUT2D eigenvalue weighted by molar-refractivity contribution is 0.108. The summed E-state index contributed by atoms with van der Waals surface area (Å²) < 4.78 is 5.41. The molecule has 0 spiro atoms. The van der Waals surface area contributed by atoms with Gasteiger partial charge in [-0.2, -0.15) is 0 Å². The molecule has 0 aliphatic carbocycles. The molecule has 0 rings (SSSR count). The van der Waals surface area contributed by atoms with E-state index in [4.69, 9.17) is 4.74 Å². The molecule has 4 heteroatoms. The first-order chi connectivity index (χ1) is 19.5. The van der Waals surface area contributed by atoms with Gasteiger partial charge in [0.1, 0.15) is 0 Å². The molecule has 40 heavy (non-hydrogen) atoms. The first kappa shape index (κ1) is 39.0. The highest BCUT2D eigenvalue weighted by atomic mass is 16.6. The Hall–Kier alpha value is -1.03. The molecule has 238 valence electrons. The molecule has 0 fully saturated rings. The Morgan fingerprint density at radius 3 is 1.52 bits per heavy atom. The minimum Gasteiger partial charge on any atom is -0.449 e. The van der Waals surface area contributed by atoms with Crippen LogP contribution in [-0.4, -0.2) is 56.7 Å². The molecule has 0 aliphatic heterocycles. The molecule has 0 aromatic carbocycles. The molecule has 4 nitrogen and oxygen atoms in total. The van der Waals surface area contributed by atoms with Crippen molar-refractivity contribution in [1.29, 1.82) is 0 Å².